The molecule has 0 aliphatic carbocycles. The highest BCUT2D eigenvalue weighted by molar-refractivity contribution is 7.92. The van der Waals surface area contributed by atoms with Crippen LogP contribution in [0.25, 0.3) is 12.2 Å². The Kier molecular flexibility index (Phi) is 6.31. The Balaban J connectivity index is 1.93. The molecular formula is C23H25N3O4S. The molecule has 0 aliphatic rings. The molecule has 8 heteroatoms. The average Bonchev–Trinajstić information content (AvgIpc) is 3.03. The molecule has 0 aliphatic heterocycles. The van der Waals surface area contributed by atoms with Crippen LogP contribution in [0.5, 0.6) is 0 Å². The van der Waals surface area contributed by atoms with E-state index in [0.29, 0.717) is 34.0 Å². The monoisotopic (exact) mass is 439 g/mol. The average molecular weight is 440 g/mol. The number of carbonyl (C=O) groups excluding carboxylic acids is 1. The highest BCUT2D eigenvalue weighted by Crippen LogP contribution is 2.26. The Morgan fingerprint density at radius 3 is 2.42 bits per heavy atom. The van der Waals surface area contributed by atoms with Crippen LogP contribution in [0.1, 0.15) is 40.6 Å². The largest absolute Gasteiger partial charge is 0.354 e. The summed E-state index contributed by atoms with van der Waals surface area (Å²) in [4.78, 5) is 11.6. The van der Waals surface area contributed by atoms with Gasteiger partial charge in [0.1, 0.15) is 11.4 Å². The molecule has 3 rings (SSSR count). The van der Waals surface area contributed by atoms with E-state index >= 15 is 0 Å². The maximum Gasteiger partial charge on any atom is 0.262 e. The van der Waals surface area contributed by atoms with Crippen molar-refractivity contribution in [1.82, 2.24) is 5.16 Å². The fourth-order valence-electron chi connectivity index (χ4n) is 3.06. The molecule has 0 unspecified atom stereocenters. The number of sulfonamides is 1. The minimum atomic E-state index is -3.79. The van der Waals surface area contributed by atoms with E-state index in [2.05, 4.69) is 15.2 Å². The van der Waals surface area contributed by atoms with Crippen LogP contribution in [-0.2, 0) is 14.8 Å². The summed E-state index contributed by atoms with van der Waals surface area (Å²) < 4.78 is 34.1. The maximum atomic E-state index is 13.1. The number of amides is 1. The third kappa shape index (κ3) is 5.21. The van der Waals surface area contributed by atoms with E-state index in [9.17, 15) is 13.2 Å². The number of hydrogen-bond acceptors (Lipinski definition) is 5. The van der Waals surface area contributed by atoms with Crippen molar-refractivity contribution in [3.05, 3.63) is 70.1 Å². The van der Waals surface area contributed by atoms with Gasteiger partial charge in [0.15, 0.2) is 5.76 Å². The van der Waals surface area contributed by atoms with Crippen molar-refractivity contribution in [3.8, 4) is 0 Å². The van der Waals surface area contributed by atoms with Gasteiger partial charge < -0.3 is 9.84 Å². The van der Waals surface area contributed by atoms with Gasteiger partial charge in [-0.2, -0.15) is 0 Å². The lowest BCUT2D eigenvalue weighted by Crippen LogP contribution is -2.15. The lowest BCUT2D eigenvalue weighted by atomic mass is 10.1. The number of aromatic nitrogens is 1. The third-order valence-electron chi connectivity index (χ3n) is 4.76. The minimum absolute atomic E-state index is 0.186. The molecule has 0 atom stereocenters. The van der Waals surface area contributed by atoms with Gasteiger partial charge in [0.2, 0.25) is 5.91 Å². The first kappa shape index (κ1) is 22.3. The Labute approximate surface area is 182 Å². The predicted octanol–water partition coefficient (Wildman–Crippen LogP) is 4.84. The van der Waals surface area contributed by atoms with Gasteiger partial charge in [-0.25, -0.2) is 8.42 Å². The zero-order valence-electron chi connectivity index (χ0n) is 18.1. The highest BCUT2D eigenvalue weighted by atomic mass is 32.2. The number of aryl methyl sites for hydroxylation is 4. The van der Waals surface area contributed by atoms with Crippen molar-refractivity contribution in [2.24, 2.45) is 0 Å². The summed E-state index contributed by atoms with van der Waals surface area (Å²) in [6.07, 6.45) is 3.35. The van der Waals surface area contributed by atoms with E-state index in [0.717, 1.165) is 11.1 Å². The minimum Gasteiger partial charge on any atom is -0.354 e. The molecule has 2 N–H and O–H groups in total. The fourth-order valence-corrected chi connectivity index (χ4v) is 4.46. The van der Waals surface area contributed by atoms with Gasteiger partial charge in [-0.3, -0.25) is 9.52 Å². The van der Waals surface area contributed by atoms with Crippen LogP contribution in [0.2, 0.25) is 0 Å². The summed E-state index contributed by atoms with van der Waals surface area (Å²) in [5.41, 5.74) is 4.69. The SMILES string of the molecule is CC(=O)Nc1c(C)noc1/C=C\c1ccc(C)c(S(=O)(=O)Nc2cc(C)ccc2C)c1. The first-order valence-corrected chi connectivity index (χ1v) is 11.2. The summed E-state index contributed by atoms with van der Waals surface area (Å²) in [6.45, 7) is 8.64. The number of nitrogens with zero attached hydrogens (tertiary/aromatic N) is 1. The Morgan fingerprint density at radius 2 is 1.71 bits per heavy atom. The summed E-state index contributed by atoms with van der Waals surface area (Å²) >= 11 is 0. The van der Waals surface area contributed by atoms with Crippen LogP contribution in [0, 0.1) is 27.7 Å². The van der Waals surface area contributed by atoms with Gasteiger partial charge >= 0.3 is 0 Å². The molecule has 0 saturated heterocycles. The van der Waals surface area contributed by atoms with Crippen molar-refractivity contribution >= 4 is 39.5 Å². The van der Waals surface area contributed by atoms with Crippen LogP contribution < -0.4 is 10.0 Å². The van der Waals surface area contributed by atoms with E-state index in [-0.39, 0.29) is 10.8 Å². The molecule has 31 heavy (non-hydrogen) atoms. The highest BCUT2D eigenvalue weighted by Gasteiger charge is 2.18. The number of nitrogens with one attached hydrogen (secondary N) is 2. The van der Waals surface area contributed by atoms with Crippen molar-refractivity contribution in [1.29, 1.82) is 0 Å². The van der Waals surface area contributed by atoms with Crippen LogP contribution in [0.4, 0.5) is 11.4 Å². The zero-order chi connectivity index (χ0) is 22.8. The zero-order valence-corrected chi connectivity index (χ0v) is 18.9. The number of hydrogen-bond donors (Lipinski definition) is 2. The van der Waals surface area contributed by atoms with E-state index < -0.39 is 10.0 Å². The second-order valence-electron chi connectivity index (χ2n) is 7.47. The van der Waals surface area contributed by atoms with Crippen molar-refractivity contribution in [2.45, 2.75) is 39.5 Å². The standard InChI is InChI=1S/C23H25N3O4S/c1-14-6-7-15(2)20(12-14)26-31(28,29)22-13-19(9-8-16(22)3)10-11-21-23(24-18(5)27)17(4)25-30-21/h6-13,26H,1-5H3,(H,24,27)/b11-10-. The number of carbonyl (C=O) groups is 1. The van der Waals surface area contributed by atoms with Gasteiger partial charge in [0, 0.05) is 6.92 Å². The topological polar surface area (TPSA) is 101 Å². The fraction of sp³-hybridized carbons (Fsp3) is 0.217. The molecular weight excluding hydrogens is 414 g/mol. The second-order valence-corrected chi connectivity index (χ2v) is 9.12. The van der Waals surface area contributed by atoms with Crippen LogP contribution in [0.15, 0.2) is 45.8 Å². The number of anilines is 2. The smallest absolute Gasteiger partial charge is 0.262 e. The lowest BCUT2D eigenvalue weighted by Gasteiger charge is -2.13. The van der Waals surface area contributed by atoms with Crippen LogP contribution >= 0.6 is 0 Å². The molecule has 0 fully saturated rings. The first-order chi connectivity index (χ1) is 14.6. The molecule has 3 aromatic rings. The molecule has 162 valence electrons. The summed E-state index contributed by atoms with van der Waals surface area (Å²) in [6, 6.07) is 10.8. The van der Waals surface area contributed by atoms with Crippen molar-refractivity contribution in [3.63, 3.8) is 0 Å². The van der Waals surface area contributed by atoms with E-state index in [1.54, 1.807) is 38.1 Å². The Bertz CT molecular complexity index is 1270. The second kappa shape index (κ2) is 8.77. The third-order valence-corrected chi connectivity index (χ3v) is 6.26. The van der Waals surface area contributed by atoms with Gasteiger partial charge in [-0.1, -0.05) is 35.5 Å². The van der Waals surface area contributed by atoms with Gasteiger partial charge in [0.25, 0.3) is 10.0 Å². The van der Waals surface area contributed by atoms with E-state index in [1.807, 2.05) is 38.1 Å². The first-order valence-electron chi connectivity index (χ1n) is 9.69. The molecule has 0 spiro atoms. The normalized spacial score (nSPS) is 11.6. The number of benzene rings is 2. The molecule has 0 bridgehead atoms. The molecule has 7 nitrogen and oxygen atoms in total. The lowest BCUT2D eigenvalue weighted by molar-refractivity contribution is -0.114. The summed E-state index contributed by atoms with van der Waals surface area (Å²) in [7, 11) is -3.79. The maximum absolute atomic E-state index is 13.1. The molecule has 0 saturated carbocycles. The Morgan fingerprint density at radius 1 is 1.00 bits per heavy atom. The quantitative estimate of drug-likeness (QED) is 0.572. The molecule has 1 aromatic heterocycles. The van der Waals surface area contributed by atoms with Crippen molar-refractivity contribution < 1.29 is 17.7 Å². The van der Waals surface area contributed by atoms with Crippen LogP contribution in [0.3, 0.4) is 0 Å². The van der Waals surface area contributed by atoms with Gasteiger partial charge in [0.05, 0.1) is 10.6 Å². The van der Waals surface area contributed by atoms with Gasteiger partial charge in [-0.05, 0) is 68.2 Å². The Hall–Kier alpha value is -3.39. The molecule has 0 radical (unpaired) electrons. The van der Waals surface area contributed by atoms with E-state index in [1.165, 1.54) is 6.92 Å². The summed E-state index contributed by atoms with van der Waals surface area (Å²) in [5, 5.41) is 6.56. The summed E-state index contributed by atoms with van der Waals surface area (Å²) in [5.74, 6) is 0.147. The predicted molar refractivity (Wildman–Crippen MR) is 122 cm³/mol. The molecule has 2 aromatic carbocycles. The molecule has 1 amide bonds. The van der Waals surface area contributed by atoms with Gasteiger partial charge in [-0.15, -0.1) is 0 Å². The number of rotatable bonds is 6. The van der Waals surface area contributed by atoms with Crippen LogP contribution in [-0.4, -0.2) is 19.5 Å². The molecule has 1 heterocycles. The van der Waals surface area contributed by atoms with Crippen molar-refractivity contribution in [2.75, 3.05) is 10.0 Å². The van der Waals surface area contributed by atoms with E-state index in [4.69, 9.17) is 4.52 Å².